The van der Waals surface area contributed by atoms with Crippen LogP contribution in [0.1, 0.15) is 5.56 Å². The van der Waals surface area contributed by atoms with Gasteiger partial charge in [-0.15, -0.1) is 5.82 Å². The smallest absolute Gasteiger partial charge is 0.268 e. The number of hydrogen-bond donors (Lipinski definition) is 0. The Bertz CT molecular complexity index is 606. The molecule has 4 nitrogen and oxygen atoms in total. The summed E-state index contributed by atoms with van der Waals surface area (Å²) < 4.78 is 9.93. The van der Waals surface area contributed by atoms with Crippen LogP contribution in [0, 0.1) is 0 Å². The second-order valence-corrected chi connectivity index (χ2v) is 5.92. The SMILES string of the molecule is COC(=O)C([B-]c1n(C)cc[n+]1C)Cc1ccc(Br)cc1. The Labute approximate surface area is 134 Å². The van der Waals surface area contributed by atoms with Crippen molar-refractivity contribution in [2.24, 2.45) is 14.1 Å². The van der Waals surface area contributed by atoms with E-state index in [1.54, 1.807) is 0 Å². The van der Waals surface area contributed by atoms with Gasteiger partial charge in [0.25, 0.3) is 5.97 Å². The highest BCUT2D eigenvalue weighted by Gasteiger charge is 2.14. The molecule has 1 unspecified atom stereocenters. The van der Waals surface area contributed by atoms with E-state index in [4.69, 9.17) is 4.74 Å². The third-order valence-corrected chi connectivity index (χ3v) is 3.99. The number of halogens is 1. The minimum Gasteiger partial charge on any atom is -0.471 e. The lowest BCUT2D eigenvalue weighted by Gasteiger charge is -2.24. The summed E-state index contributed by atoms with van der Waals surface area (Å²) in [5.74, 6) is -0.532. The number of methoxy groups -OCH3 is 1. The largest absolute Gasteiger partial charge is 0.471 e. The number of carbonyl (C=O) groups is 1. The van der Waals surface area contributed by atoms with Crippen LogP contribution >= 0.6 is 15.9 Å². The standard InChI is InChI=1S/C15H18BBrN2O2/c1-18-8-9-19(2)15(18)16-13(14(20)21-3)10-11-4-6-12(17)7-5-11/h4-9,13H,10H2,1-3H3. The number of nitrogens with zero attached hydrogens (tertiary/aromatic N) is 2. The molecule has 0 bridgehead atoms. The maximum Gasteiger partial charge on any atom is 0.268 e. The molecule has 1 aromatic carbocycles. The molecule has 110 valence electrons. The normalized spacial score (nSPS) is 12.2. The number of aromatic nitrogens is 2. The average molecular weight is 349 g/mol. The highest BCUT2D eigenvalue weighted by molar-refractivity contribution is 9.10. The van der Waals surface area contributed by atoms with E-state index in [2.05, 4.69) is 15.9 Å². The number of carbonyl (C=O) groups excluding carboxylic acids is 1. The summed E-state index contributed by atoms with van der Waals surface area (Å²) in [5.41, 5.74) is 2.07. The highest BCUT2D eigenvalue weighted by Crippen LogP contribution is 2.17. The third-order valence-electron chi connectivity index (χ3n) is 3.46. The summed E-state index contributed by atoms with van der Waals surface area (Å²) >= 11 is 3.42. The first kappa shape index (κ1) is 15.8. The molecular formula is C15H18BBrN2O2. The quantitative estimate of drug-likeness (QED) is 0.461. The molecular weight excluding hydrogens is 331 g/mol. The Morgan fingerprint density at radius 1 is 1.43 bits per heavy atom. The van der Waals surface area contributed by atoms with Crippen LogP contribution in [0.2, 0.25) is 5.82 Å². The van der Waals surface area contributed by atoms with E-state index in [0.29, 0.717) is 6.42 Å². The Balaban J connectivity index is 2.19. The van der Waals surface area contributed by atoms with Crippen LogP contribution in [0.4, 0.5) is 0 Å². The minimum atomic E-state index is -0.309. The van der Waals surface area contributed by atoms with Gasteiger partial charge in [0.15, 0.2) is 0 Å². The zero-order chi connectivity index (χ0) is 15.4. The van der Waals surface area contributed by atoms with Crippen LogP contribution in [-0.4, -0.2) is 24.9 Å². The molecule has 2 rings (SSSR count). The molecule has 1 heterocycles. The lowest BCUT2D eigenvalue weighted by Crippen LogP contribution is -2.51. The minimum absolute atomic E-state index is 0.223. The lowest BCUT2D eigenvalue weighted by molar-refractivity contribution is -0.653. The molecule has 0 aliphatic carbocycles. The van der Waals surface area contributed by atoms with Crippen LogP contribution in [0.3, 0.4) is 0 Å². The van der Waals surface area contributed by atoms with E-state index in [-0.39, 0.29) is 11.8 Å². The van der Waals surface area contributed by atoms with E-state index < -0.39 is 0 Å². The van der Waals surface area contributed by atoms with Crippen LogP contribution < -0.4 is 10.3 Å². The van der Waals surface area contributed by atoms with E-state index in [1.165, 1.54) is 7.11 Å². The molecule has 0 aliphatic heterocycles. The van der Waals surface area contributed by atoms with Crippen molar-refractivity contribution in [3.05, 3.63) is 46.7 Å². The van der Waals surface area contributed by atoms with E-state index >= 15 is 0 Å². The van der Waals surface area contributed by atoms with Crippen molar-refractivity contribution in [2.75, 3.05) is 7.11 Å². The zero-order valence-electron chi connectivity index (χ0n) is 12.4. The molecule has 2 radical (unpaired) electrons. The van der Waals surface area contributed by atoms with Gasteiger partial charge in [0, 0.05) is 10.2 Å². The van der Waals surface area contributed by atoms with Crippen molar-refractivity contribution in [2.45, 2.75) is 12.2 Å². The first-order chi connectivity index (χ1) is 10.0. The van der Waals surface area contributed by atoms with Gasteiger partial charge in [-0.1, -0.05) is 40.0 Å². The Hall–Kier alpha value is -1.56. The van der Waals surface area contributed by atoms with E-state index in [1.807, 2.05) is 67.2 Å². The number of rotatable bonds is 5. The summed E-state index contributed by atoms with van der Waals surface area (Å²) in [5, 5.41) is 0. The van der Waals surface area contributed by atoms with Gasteiger partial charge in [-0.3, -0.25) is 13.9 Å². The Kier molecular flexibility index (Phi) is 5.23. The molecule has 0 spiro atoms. The molecule has 0 N–H and O–H groups in total. The van der Waals surface area contributed by atoms with Gasteiger partial charge in [0.1, 0.15) is 12.4 Å². The van der Waals surface area contributed by atoms with Gasteiger partial charge >= 0.3 is 0 Å². The average Bonchev–Trinajstić information content (AvgIpc) is 2.79. The number of ether oxygens (including phenoxy) is 1. The molecule has 1 atom stereocenters. The molecule has 2 aromatic rings. The lowest BCUT2D eigenvalue weighted by atomic mass is 9.61. The predicted molar refractivity (Wildman–Crippen MR) is 85.6 cm³/mol. The van der Waals surface area contributed by atoms with Crippen molar-refractivity contribution in [1.82, 2.24) is 4.57 Å². The number of hydrogen-bond acceptors (Lipinski definition) is 2. The van der Waals surface area contributed by atoms with Crippen molar-refractivity contribution >= 4 is 34.9 Å². The molecule has 0 aliphatic rings. The molecule has 0 saturated carbocycles. The fourth-order valence-electron chi connectivity index (χ4n) is 2.25. The van der Waals surface area contributed by atoms with Crippen molar-refractivity contribution in [3.63, 3.8) is 0 Å². The zero-order valence-corrected chi connectivity index (χ0v) is 14.0. The van der Waals surface area contributed by atoms with Gasteiger partial charge < -0.3 is 4.74 Å². The second kappa shape index (κ2) is 6.94. The van der Waals surface area contributed by atoms with E-state index in [9.17, 15) is 4.79 Å². The Morgan fingerprint density at radius 2 is 2.10 bits per heavy atom. The first-order valence-corrected chi connectivity index (χ1v) is 7.48. The summed E-state index contributed by atoms with van der Waals surface area (Å²) in [6.45, 7) is 0. The third kappa shape index (κ3) is 3.97. The first-order valence-electron chi connectivity index (χ1n) is 6.69. The number of aryl methyl sites for hydroxylation is 2. The molecule has 0 saturated heterocycles. The molecule has 6 heteroatoms. The van der Waals surface area contributed by atoms with Gasteiger partial charge in [0.2, 0.25) is 0 Å². The fourth-order valence-corrected chi connectivity index (χ4v) is 2.52. The fraction of sp³-hybridized carbons (Fsp3) is 0.333. The Morgan fingerprint density at radius 3 is 2.62 bits per heavy atom. The van der Waals surface area contributed by atoms with Gasteiger partial charge in [0.05, 0.1) is 21.2 Å². The summed E-state index contributed by atoms with van der Waals surface area (Å²) in [6, 6.07) is 7.98. The van der Waals surface area contributed by atoms with Gasteiger partial charge in [-0.05, 0) is 12.1 Å². The van der Waals surface area contributed by atoms with E-state index in [0.717, 1.165) is 15.8 Å². The molecule has 1 aromatic heterocycles. The summed E-state index contributed by atoms with van der Waals surface area (Å²) in [6.07, 6.45) is 4.53. The maximum atomic E-state index is 12.1. The molecule has 21 heavy (non-hydrogen) atoms. The second-order valence-electron chi connectivity index (χ2n) is 5.01. The monoisotopic (exact) mass is 348 g/mol. The summed E-state index contributed by atoms with van der Waals surface area (Å²) in [7, 11) is 7.29. The summed E-state index contributed by atoms with van der Waals surface area (Å²) in [4.78, 5) is 12.1. The maximum absolute atomic E-state index is 12.1. The number of imidazole rings is 1. The number of esters is 1. The van der Waals surface area contributed by atoms with Gasteiger partial charge in [-0.2, -0.15) is 7.28 Å². The molecule has 0 amide bonds. The van der Waals surface area contributed by atoms with Crippen LogP contribution in [-0.2, 0) is 30.0 Å². The topological polar surface area (TPSA) is 35.1 Å². The van der Waals surface area contributed by atoms with Crippen LogP contribution in [0.15, 0.2) is 41.1 Å². The number of benzene rings is 1. The van der Waals surface area contributed by atoms with Crippen molar-refractivity contribution in [1.29, 1.82) is 0 Å². The van der Waals surface area contributed by atoms with Crippen LogP contribution in [0.25, 0.3) is 0 Å². The predicted octanol–water partition coefficient (Wildman–Crippen LogP) is 1.15. The molecule has 0 fully saturated rings. The van der Waals surface area contributed by atoms with Gasteiger partial charge in [-0.25, -0.2) is 0 Å². The van der Waals surface area contributed by atoms with Crippen LogP contribution in [0.5, 0.6) is 0 Å². The van der Waals surface area contributed by atoms with Crippen molar-refractivity contribution < 1.29 is 14.1 Å². The van der Waals surface area contributed by atoms with Crippen molar-refractivity contribution in [3.8, 4) is 0 Å². The highest BCUT2D eigenvalue weighted by atomic mass is 79.9.